The molecule has 18 heavy (non-hydrogen) atoms. The van der Waals surface area contributed by atoms with Gasteiger partial charge in [0.2, 0.25) is 0 Å². The van der Waals surface area contributed by atoms with Crippen molar-refractivity contribution < 1.29 is 5.11 Å². The molecule has 1 aliphatic rings. The van der Waals surface area contributed by atoms with E-state index in [4.69, 9.17) is 0 Å². The van der Waals surface area contributed by atoms with Crippen LogP contribution in [0.1, 0.15) is 38.1 Å². The Hall–Kier alpha value is -0.390. The molecular formula is C13H22BrN3O. The Labute approximate surface area is 117 Å². The Morgan fingerprint density at radius 3 is 2.83 bits per heavy atom. The summed E-state index contributed by atoms with van der Waals surface area (Å²) < 4.78 is 3.22. The predicted octanol–water partition coefficient (Wildman–Crippen LogP) is 2.18. The van der Waals surface area contributed by atoms with Gasteiger partial charge < -0.3 is 5.11 Å². The van der Waals surface area contributed by atoms with E-state index in [0.29, 0.717) is 0 Å². The standard InChI is InChI=1S/C13H22BrN3O/c1-3-11-13(14)12(17(4-2)15-11)9-16-7-5-6-10(18)8-16/h10,18H,3-9H2,1-2H3/t10-/m0/s1. The van der Waals surface area contributed by atoms with Crippen molar-refractivity contribution in [3.63, 3.8) is 0 Å². The molecule has 0 radical (unpaired) electrons. The van der Waals surface area contributed by atoms with Crippen LogP contribution in [0.15, 0.2) is 4.47 Å². The summed E-state index contributed by atoms with van der Waals surface area (Å²) in [5.41, 5.74) is 2.37. The lowest BCUT2D eigenvalue weighted by Crippen LogP contribution is -2.38. The fourth-order valence-corrected chi connectivity index (χ4v) is 3.24. The third kappa shape index (κ3) is 2.95. The number of aryl methyl sites for hydroxylation is 2. The van der Waals surface area contributed by atoms with E-state index in [9.17, 15) is 5.11 Å². The van der Waals surface area contributed by atoms with Gasteiger partial charge in [0.05, 0.1) is 22.0 Å². The first-order chi connectivity index (χ1) is 8.65. The van der Waals surface area contributed by atoms with Gasteiger partial charge >= 0.3 is 0 Å². The molecule has 2 heterocycles. The third-order valence-corrected chi connectivity index (χ3v) is 4.46. The van der Waals surface area contributed by atoms with Crippen molar-refractivity contribution >= 4 is 15.9 Å². The highest BCUT2D eigenvalue weighted by atomic mass is 79.9. The number of piperidine rings is 1. The molecule has 0 unspecified atom stereocenters. The van der Waals surface area contributed by atoms with Crippen molar-refractivity contribution in [3.05, 3.63) is 15.9 Å². The van der Waals surface area contributed by atoms with E-state index in [2.05, 4.69) is 44.5 Å². The Morgan fingerprint density at radius 1 is 1.44 bits per heavy atom. The summed E-state index contributed by atoms with van der Waals surface area (Å²) in [6, 6.07) is 0. The first kappa shape index (κ1) is 14.0. The molecule has 5 heteroatoms. The second-order valence-corrected chi connectivity index (χ2v) is 5.70. The summed E-state index contributed by atoms with van der Waals surface area (Å²) in [5, 5.41) is 14.3. The highest BCUT2D eigenvalue weighted by Crippen LogP contribution is 2.24. The number of nitrogens with zero attached hydrogens (tertiary/aromatic N) is 3. The molecular weight excluding hydrogens is 294 g/mol. The maximum absolute atomic E-state index is 9.73. The zero-order valence-corrected chi connectivity index (χ0v) is 12.8. The molecule has 4 nitrogen and oxygen atoms in total. The molecule has 1 fully saturated rings. The predicted molar refractivity (Wildman–Crippen MR) is 75.5 cm³/mol. The topological polar surface area (TPSA) is 41.3 Å². The maximum atomic E-state index is 9.73. The summed E-state index contributed by atoms with van der Waals surface area (Å²) in [6.45, 7) is 7.86. The molecule has 0 amide bonds. The van der Waals surface area contributed by atoms with Crippen molar-refractivity contribution in [2.45, 2.75) is 52.3 Å². The Bertz CT molecular complexity index is 405. The fraction of sp³-hybridized carbons (Fsp3) is 0.769. The number of β-amino-alcohol motifs (C(OH)–C–C–N with tert-alkyl or cyclic N) is 1. The lowest BCUT2D eigenvalue weighted by Gasteiger charge is -2.30. The van der Waals surface area contributed by atoms with Gasteiger partial charge in [-0.05, 0) is 48.7 Å². The van der Waals surface area contributed by atoms with E-state index in [1.807, 2.05) is 0 Å². The molecule has 1 N–H and O–H groups in total. The largest absolute Gasteiger partial charge is 0.392 e. The number of aromatic nitrogens is 2. The van der Waals surface area contributed by atoms with Crippen molar-refractivity contribution in [1.29, 1.82) is 0 Å². The first-order valence-corrected chi connectivity index (χ1v) is 7.59. The zero-order chi connectivity index (χ0) is 13.1. The number of aliphatic hydroxyl groups is 1. The molecule has 0 aromatic carbocycles. The molecule has 0 bridgehead atoms. The highest BCUT2D eigenvalue weighted by molar-refractivity contribution is 9.10. The van der Waals surface area contributed by atoms with Gasteiger partial charge in [-0.2, -0.15) is 5.10 Å². The average molecular weight is 316 g/mol. The zero-order valence-electron chi connectivity index (χ0n) is 11.2. The van der Waals surface area contributed by atoms with Crippen LogP contribution < -0.4 is 0 Å². The van der Waals surface area contributed by atoms with Crippen LogP contribution in [-0.4, -0.2) is 39.0 Å². The van der Waals surface area contributed by atoms with Gasteiger partial charge in [0, 0.05) is 19.6 Å². The smallest absolute Gasteiger partial charge is 0.0767 e. The van der Waals surface area contributed by atoms with Crippen LogP contribution in [0.25, 0.3) is 0 Å². The molecule has 0 saturated carbocycles. The minimum Gasteiger partial charge on any atom is -0.392 e. The summed E-state index contributed by atoms with van der Waals surface area (Å²) in [6.07, 6.45) is 2.80. The van der Waals surface area contributed by atoms with E-state index >= 15 is 0 Å². The van der Waals surface area contributed by atoms with Crippen molar-refractivity contribution in [3.8, 4) is 0 Å². The molecule has 1 atom stereocenters. The molecule has 2 rings (SSSR count). The lowest BCUT2D eigenvalue weighted by molar-refractivity contribution is 0.0653. The number of rotatable bonds is 4. The molecule has 0 aliphatic carbocycles. The fourth-order valence-electron chi connectivity index (χ4n) is 2.55. The minimum atomic E-state index is -0.166. The number of hydrogen-bond donors (Lipinski definition) is 1. The summed E-state index contributed by atoms with van der Waals surface area (Å²) in [5.74, 6) is 0. The van der Waals surface area contributed by atoms with Crippen LogP contribution in [0, 0.1) is 0 Å². The molecule has 1 aromatic heterocycles. The second kappa shape index (κ2) is 6.17. The molecule has 0 spiro atoms. The molecule has 1 saturated heterocycles. The van der Waals surface area contributed by atoms with Crippen molar-refractivity contribution in [2.75, 3.05) is 13.1 Å². The summed E-state index contributed by atoms with van der Waals surface area (Å²) in [4.78, 5) is 2.32. The number of aliphatic hydroxyl groups excluding tert-OH is 1. The maximum Gasteiger partial charge on any atom is 0.0767 e. The number of hydrogen-bond acceptors (Lipinski definition) is 3. The minimum absolute atomic E-state index is 0.166. The SMILES string of the molecule is CCc1nn(CC)c(CN2CCC[C@H](O)C2)c1Br. The quantitative estimate of drug-likeness (QED) is 0.926. The highest BCUT2D eigenvalue weighted by Gasteiger charge is 2.21. The van der Waals surface area contributed by atoms with Crippen molar-refractivity contribution in [1.82, 2.24) is 14.7 Å². The summed E-state index contributed by atoms with van der Waals surface area (Å²) >= 11 is 3.67. The lowest BCUT2D eigenvalue weighted by atomic mass is 10.1. The molecule has 1 aliphatic heterocycles. The Morgan fingerprint density at radius 2 is 2.22 bits per heavy atom. The second-order valence-electron chi connectivity index (χ2n) is 4.91. The average Bonchev–Trinajstić information content (AvgIpc) is 2.66. The van der Waals surface area contributed by atoms with Crippen molar-refractivity contribution in [2.24, 2.45) is 0 Å². The Balaban J connectivity index is 2.14. The monoisotopic (exact) mass is 315 g/mol. The van der Waals surface area contributed by atoms with Gasteiger partial charge in [0.25, 0.3) is 0 Å². The van der Waals surface area contributed by atoms with E-state index < -0.39 is 0 Å². The Kier molecular flexibility index (Phi) is 4.81. The van der Waals surface area contributed by atoms with Crippen LogP contribution in [0.4, 0.5) is 0 Å². The molecule has 1 aromatic rings. The van der Waals surface area contributed by atoms with Crippen LogP contribution in [0.3, 0.4) is 0 Å². The van der Waals surface area contributed by atoms with Crippen LogP contribution in [0.2, 0.25) is 0 Å². The van der Waals surface area contributed by atoms with Gasteiger partial charge in [-0.15, -0.1) is 0 Å². The van der Waals surface area contributed by atoms with Crippen LogP contribution in [0.5, 0.6) is 0 Å². The first-order valence-electron chi connectivity index (χ1n) is 6.80. The van der Waals surface area contributed by atoms with Gasteiger partial charge in [0.1, 0.15) is 0 Å². The van der Waals surface area contributed by atoms with E-state index in [1.54, 1.807) is 0 Å². The van der Waals surface area contributed by atoms with Gasteiger partial charge in [0.15, 0.2) is 0 Å². The normalized spacial score (nSPS) is 21.4. The van der Waals surface area contributed by atoms with E-state index in [1.165, 1.54) is 5.69 Å². The van der Waals surface area contributed by atoms with E-state index in [0.717, 1.165) is 55.6 Å². The number of likely N-dealkylation sites (tertiary alicyclic amines) is 1. The van der Waals surface area contributed by atoms with Gasteiger partial charge in [-0.3, -0.25) is 9.58 Å². The van der Waals surface area contributed by atoms with E-state index in [-0.39, 0.29) is 6.10 Å². The number of halogens is 1. The van der Waals surface area contributed by atoms with Crippen LogP contribution in [-0.2, 0) is 19.5 Å². The summed E-state index contributed by atoms with van der Waals surface area (Å²) in [7, 11) is 0. The van der Waals surface area contributed by atoms with Gasteiger partial charge in [-0.25, -0.2) is 0 Å². The molecule has 102 valence electrons. The van der Waals surface area contributed by atoms with Gasteiger partial charge in [-0.1, -0.05) is 6.92 Å². The third-order valence-electron chi connectivity index (χ3n) is 3.55. The van der Waals surface area contributed by atoms with Crippen LogP contribution >= 0.6 is 15.9 Å².